The Morgan fingerprint density at radius 2 is 2.06 bits per heavy atom. The van der Waals surface area contributed by atoms with E-state index in [1.807, 2.05) is 36.6 Å². The van der Waals surface area contributed by atoms with E-state index in [9.17, 15) is 4.79 Å². The number of nitrogens with one attached hydrogen (secondary N) is 1. The molecule has 0 aliphatic rings. The summed E-state index contributed by atoms with van der Waals surface area (Å²) in [6.45, 7) is 0. The van der Waals surface area contributed by atoms with E-state index in [2.05, 4.69) is 10.3 Å². The van der Waals surface area contributed by atoms with E-state index < -0.39 is 0 Å². The highest BCUT2D eigenvalue weighted by atomic mass is 32.2. The van der Waals surface area contributed by atoms with Gasteiger partial charge in [-0.05, 0) is 30.5 Å². The van der Waals surface area contributed by atoms with Gasteiger partial charge in [0.05, 0.1) is 17.4 Å². The van der Waals surface area contributed by atoms with Crippen LogP contribution in [0.15, 0.2) is 53.7 Å². The van der Waals surface area contributed by atoms with Gasteiger partial charge in [0.1, 0.15) is 0 Å². The summed E-state index contributed by atoms with van der Waals surface area (Å²) in [6.07, 6.45) is 5.25. The molecule has 1 aromatic heterocycles. The van der Waals surface area contributed by atoms with Crippen LogP contribution in [0.2, 0.25) is 0 Å². The van der Waals surface area contributed by atoms with Gasteiger partial charge >= 0.3 is 0 Å². The third-order valence-corrected chi connectivity index (χ3v) is 3.07. The zero-order valence-corrected chi connectivity index (χ0v) is 10.2. The number of benzene rings is 1. The van der Waals surface area contributed by atoms with Crippen molar-refractivity contribution in [3.8, 4) is 0 Å². The van der Waals surface area contributed by atoms with Gasteiger partial charge in [0.2, 0.25) is 0 Å². The second kappa shape index (κ2) is 5.50. The van der Waals surface area contributed by atoms with Gasteiger partial charge in [0, 0.05) is 11.1 Å². The number of pyridine rings is 1. The highest BCUT2D eigenvalue weighted by molar-refractivity contribution is 7.98. The molecule has 0 atom stereocenters. The summed E-state index contributed by atoms with van der Waals surface area (Å²) in [5.41, 5.74) is 1.39. The van der Waals surface area contributed by atoms with Crippen LogP contribution in [-0.2, 0) is 0 Å². The molecule has 2 aromatic rings. The Morgan fingerprint density at radius 3 is 2.76 bits per heavy atom. The highest BCUT2D eigenvalue weighted by Gasteiger charge is 2.10. The molecule has 0 saturated heterocycles. The number of rotatable bonds is 3. The molecule has 1 heterocycles. The van der Waals surface area contributed by atoms with Crippen molar-refractivity contribution in [2.75, 3.05) is 11.6 Å². The maximum absolute atomic E-state index is 12.0. The quantitative estimate of drug-likeness (QED) is 0.844. The molecule has 0 fully saturated rings. The van der Waals surface area contributed by atoms with Crippen LogP contribution in [0.4, 0.5) is 5.69 Å². The van der Waals surface area contributed by atoms with Crippen molar-refractivity contribution in [1.82, 2.24) is 4.98 Å². The molecule has 0 radical (unpaired) electrons. The highest BCUT2D eigenvalue weighted by Crippen LogP contribution is 2.20. The molecule has 4 heteroatoms. The second-order valence-corrected chi connectivity index (χ2v) is 4.24. The van der Waals surface area contributed by atoms with Gasteiger partial charge in [0.25, 0.3) is 5.91 Å². The van der Waals surface area contributed by atoms with Crippen molar-refractivity contribution in [1.29, 1.82) is 0 Å². The molecule has 2 rings (SSSR count). The fourth-order valence-electron chi connectivity index (χ4n) is 1.47. The van der Waals surface area contributed by atoms with E-state index in [0.717, 1.165) is 4.90 Å². The molecule has 1 aromatic carbocycles. The number of anilines is 1. The number of aromatic nitrogens is 1. The predicted molar refractivity (Wildman–Crippen MR) is 70.4 cm³/mol. The Hall–Kier alpha value is -1.81. The lowest BCUT2D eigenvalue weighted by molar-refractivity contribution is 0.102. The van der Waals surface area contributed by atoms with Gasteiger partial charge in [-0.25, -0.2) is 0 Å². The van der Waals surface area contributed by atoms with Crippen molar-refractivity contribution in [3.63, 3.8) is 0 Å². The summed E-state index contributed by atoms with van der Waals surface area (Å²) in [7, 11) is 0. The fourth-order valence-corrected chi connectivity index (χ4v) is 2.06. The van der Waals surface area contributed by atoms with Crippen LogP contribution in [0.1, 0.15) is 10.4 Å². The van der Waals surface area contributed by atoms with Gasteiger partial charge in [-0.3, -0.25) is 9.78 Å². The third kappa shape index (κ3) is 2.85. The Balaban J connectivity index is 2.20. The molecular weight excluding hydrogens is 232 g/mol. The monoisotopic (exact) mass is 244 g/mol. The van der Waals surface area contributed by atoms with Crippen LogP contribution in [0.5, 0.6) is 0 Å². The number of carbonyl (C=O) groups excluding carboxylic acids is 1. The molecule has 1 N–H and O–H groups in total. The van der Waals surface area contributed by atoms with Crippen LogP contribution in [-0.4, -0.2) is 17.1 Å². The lowest BCUT2D eigenvalue weighted by Gasteiger charge is -2.07. The number of carbonyl (C=O) groups is 1. The molecule has 1 amide bonds. The Kier molecular flexibility index (Phi) is 3.77. The van der Waals surface area contributed by atoms with Crippen LogP contribution in [0, 0.1) is 0 Å². The second-order valence-electron chi connectivity index (χ2n) is 3.40. The van der Waals surface area contributed by atoms with E-state index in [-0.39, 0.29) is 5.91 Å². The first-order valence-corrected chi connectivity index (χ1v) is 6.38. The van der Waals surface area contributed by atoms with Gasteiger partial charge < -0.3 is 5.32 Å². The molecule has 0 aliphatic heterocycles. The molecule has 0 unspecified atom stereocenters. The van der Waals surface area contributed by atoms with Gasteiger partial charge in [-0.2, -0.15) is 0 Å². The lowest BCUT2D eigenvalue weighted by atomic mass is 10.2. The van der Waals surface area contributed by atoms with Gasteiger partial charge in [0.15, 0.2) is 0 Å². The molecule has 86 valence electrons. The SMILES string of the molecule is CSc1ccccc1C(=O)Nc1cccnc1. The van der Waals surface area contributed by atoms with E-state index in [0.29, 0.717) is 11.3 Å². The summed E-state index contributed by atoms with van der Waals surface area (Å²) in [6, 6.07) is 11.1. The number of hydrogen-bond donors (Lipinski definition) is 1. The normalized spacial score (nSPS) is 9.94. The standard InChI is InChI=1S/C13H12N2OS/c1-17-12-7-3-2-6-11(12)13(16)15-10-5-4-8-14-9-10/h2-9H,1H3,(H,15,16). The molecular formula is C13H12N2OS. The summed E-state index contributed by atoms with van der Waals surface area (Å²) >= 11 is 1.56. The summed E-state index contributed by atoms with van der Waals surface area (Å²) in [5.74, 6) is -0.108. The predicted octanol–water partition coefficient (Wildman–Crippen LogP) is 3.06. The third-order valence-electron chi connectivity index (χ3n) is 2.27. The molecule has 0 bridgehead atoms. The molecule has 0 spiro atoms. The lowest BCUT2D eigenvalue weighted by Crippen LogP contribution is -2.12. The van der Waals surface area contributed by atoms with E-state index in [4.69, 9.17) is 0 Å². The van der Waals surface area contributed by atoms with E-state index in [1.54, 1.807) is 30.2 Å². The van der Waals surface area contributed by atoms with Gasteiger partial charge in [-0.1, -0.05) is 12.1 Å². The maximum Gasteiger partial charge on any atom is 0.256 e. The Morgan fingerprint density at radius 1 is 1.24 bits per heavy atom. The minimum atomic E-state index is -0.108. The van der Waals surface area contributed by atoms with Crippen LogP contribution < -0.4 is 5.32 Å². The van der Waals surface area contributed by atoms with Crippen molar-refractivity contribution in [2.24, 2.45) is 0 Å². The smallest absolute Gasteiger partial charge is 0.256 e. The fraction of sp³-hybridized carbons (Fsp3) is 0.0769. The molecule has 17 heavy (non-hydrogen) atoms. The average Bonchev–Trinajstić information content (AvgIpc) is 2.40. The Labute approximate surface area is 104 Å². The first-order valence-electron chi connectivity index (χ1n) is 5.15. The number of nitrogens with zero attached hydrogens (tertiary/aromatic N) is 1. The summed E-state index contributed by atoms with van der Waals surface area (Å²) in [4.78, 5) is 17.0. The zero-order valence-electron chi connectivity index (χ0n) is 9.38. The van der Waals surface area contributed by atoms with Crippen LogP contribution in [0.3, 0.4) is 0 Å². The summed E-state index contributed by atoms with van der Waals surface area (Å²) in [5, 5.41) is 2.82. The Bertz CT molecular complexity index is 514. The first kappa shape index (κ1) is 11.7. The maximum atomic E-state index is 12.0. The molecule has 3 nitrogen and oxygen atoms in total. The number of thioether (sulfide) groups is 1. The van der Waals surface area contributed by atoms with Crippen molar-refractivity contribution in [2.45, 2.75) is 4.90 Å². The zero-order chi connectivity index (χ0) is 12.1. The molecule has 0 saturated carbocycles. The van der Waals surface area contributed by atoms with Crippen molar-refractivity contribution >= 4 is 23.4 Å². The topological polar surface area (TPSA) is 42.0 Å². The van der Waals surface area contributed by atoms with E-state index in [1.165, 1.54) is 0 Å². The van der Waals surface area contributed by atoms with Crippen molar-refractivity contribution < 1.29 is 4.79 Å². The largest absolute Gasteiger partial charge is 0.321 e. The van der Waals surface area contributed by atoms with Crippen LogP contribution >= 0.6 is 11.8 Å². The molecule has 0 aliphatic carbocycles. The first-order chi connectivity index (χ1) is 8.31. The summed E-state index contributed by atoms with van der Waals surface area (Å²) < 4.78 is 0. The minimum absolute atomic E-state index is 0.108. The number of amides is 1. The van der Waals surface area contributed by atoms with E-state index >= 15 is 0 Å². The number of hydrogen-bond acceptors (Lipinski definition) is 3. The minimum Gasteiger partial charge on any atom is -0.321 e. The van der Waals surface area contributed by atoms with Crippen LogP contribution in [0.25, 0.3) is 0 Å². The van der Waals surface area contributed by atoms with Gasteiger partial charge in [-0.15, -0.1) is 11.8 Å². The average molecular weight is 244 g/mol. The van der Waals surface area contributed by atoms with Crippen molar-refractivity contribution in [3.05, 3.63) is 54.4 Å².